The van der Waals surface area contributed by atoms with Crippen molar-refractivity contribution in [3.05, 3.63) is 108 Å². The van der Waals surface area contributed by atoms with E-state index in [0.717, 1.165) is 28.8 Å². The summed E-state index contributed by atoms with van der Waals surface area (Å²) < 4.78 is 0. The van der Waals surface area contributed by atoms with Crippen LogP contribution >= 0.6 is 0 Å². The average molecular weight is 348 g/mol. The Hall–Kier alpha value is -2.67. The zero-order valence-electron chi connectivity index (χ0n) is 15.9. The predicted octanol–water partition coefficient (Wildman–Crippen LogP) is 7.37. The van der Waals surface area contributed by atoms with Crippen LogP contribution in [0.5, 0.6) is 0 Å². The van der Waals surface area contributed by atoms with Crippen molar-refractivity contribution >= 4 is 5.57 Å². The second-order valence-electron chi connectivity index (χ2n) is 5.58. The van der Waals surface area contributed by atoms with E-state index in [1.165, 1.54) is 11.1 Å². The summed E-state index contributed by atoms with van der Waals surface area (Å²) in [4.78, 5) is 4.31. The molecule has 1 nitrogen and oxygen atoms in total. The molecule has 0 aliphatic carbocycles. The van der Waals surface area contributed by atoms with E-state index in [0.29, 0.717) is 0 Å². The minimum absolute atomic E-state index is 0. The van der Waals surface area contributed by atoms with Gasteiger partial charge in [-0.05, 0) is 54.7 Å². The molecule has 0 unspecified atom stereocenters. The third-order valence-corrected chi connectivity index (χ3v) is 3.72. The van der Waals surface area contributed by atoms with Crippen LogP contribution in [-0.2, 0) is 6.42 Å². The molecule has 0 fully saturated rings. The third kappa shape index (κ3) is 7.48. The van der Waals surface area contributed by atoms with Crippen molar-refractivity contribution in [1.82, 2.24) is 4.98 Å². The first-order valence-electron chi connectivity index (χ1n) is 8.78. The Labute approximate surface area is 160 Å². The van der Waals surface area contributed by atoms with Crippen LogP contribution in [0.2, 0.25) is 0 Å². The highest BCUT2D eigenvalue weighted by Gasteiger charge is 2.02. The van der Waals surface area contributed by atoms with Crippen molar-refractivity contribution in [2.45, 2.75) is 41.5 Å². The standard InChI is InChI=1S/C22H23N.C2H6.CH4/c1-5-21(14-11-18(3)22-8-6-7-15-23-22)19(4)16-20-12-9-17(2)10-13-20;1-2;/h5-15H,3-4,16H2,1-2H3;1-2H3;1H4/b14-11-,21-5+;;. The first kappa shape index (κ1) is 23.3. The Balaban J connectivity index is 0.00000201. The molecule has 26 heavy (non-hydrogen) atoms. The average Bonchev–Trinajstić information content (AvgIpc) is 2.66. The Kier molecular flexibility index (Phi) is 11.4. The maximum atomic E-state index is 4.31. The molecule has 0 saturated heterocycles. The third-order valence-electron chi connectivity index (χ3n) is 3.72. The molecule has 1 heteroatoms. The van der Waals surface area contributed by atoms with Crippen molar-refractivity contribution in [3.8, 4) is 0 Å². The van der Waals surface area contributed by atoms with Gasteiger partial charge in [0.1, 0.15) is 0 Å². The lowest BCUT2D eigenvalue weighted by Gasteiger charge is -2.08. The molecular weight excluding hydrogens is 314 g/mol. The SMILES string of the molecule is C.C=C(Cc1ccc(C)cc1)C(/C=C\C(=C)c1ccccn1)=C/C.CC. The lowest BCUT2D eigenvalue weighted by atomic mass is 9.98. The Morgan fingerprint density at radius 1 is 1.00 bits per heavy atom. The molecule has 1 aromatic carbocycles. The first-order chi connectivity index (χ1) is 12.1. The molecule has 0 saturated carbocycles. The highest BCUT2D eigenvalue weighted by Crippen LogP contribution is 2.18. The largest absolute Gasteiger partial charge is 0.256 e. The summed E-state index contributed by atoms with van der Waals surface area (Å²) in [6.45, 7) is 16.4. The summed E-state index contributed by atoms with van der Waals surface area (Å²) in [7, 11) is 0. The van der Waals surface area contributed by atoms with Crippen LogP contribution < -0.4 is 0 Å². The van der Waals surface area contributed by atoms with E-state index in [1.54, 1.807) is 6.20 Å². The fourth-order valence-corrected chi connectivity index (χ4v) is 2.30. The van der Waals surface area contributed by atoms with Crippen LogP contribution in [0.25, 0.3) is 5.57 Å². The lowest BCUT2D eigenvalue weighted by Crippen LogP contribution is -1.92. The maximum absolute atomic E-state index is 4.31. The van der Waals surface area contributed by atoms with Crippen LogP contribution in [0.4, 0.5) is 0 Å². The van der Waals surface area contributed by atoms with Gasteiger partial charge in [-0.15, -0.1) is 0 Å². The van der Waals surface area contributed by atoms with Gasteiger partial charge in [0.25, 0.3) is 0 Å². The number of pyridine rings is 1. The lowest BCUT2D eigenvalue weighted by molar-refractivity contribution is 1.17. The second kappa shape index (κ2) is 12.7. The number of benzene rings is 1. The highest BCUT2D eigenvalue weighted by molar-refractivity contribution is 5.70. The van der Waals surface area contributed by atoms with Crippen molar-refractivity contribution in [2.75, 3.05) is 0 Å². The van der Waals surface area contributed by atoms with E-state index in [-0.39, 0.29) is 7.43 Å². The molecule has 138 valence electrons. The first-order valence-corrected chi connectivity index (χ1v) is 8.78. The van der Waals surface area contributed by atoms with Crippen molar-refractivity contribution in [3.63, 3.8) is 0 Å². The molecule has 2 rings (SSSR count). The van der Waals surface area contributed by atoms with Crippen LogP contribution in [0.3, 0.4) is 0 Å². The fraction of sp³-hybridized carbons (Fsp3) is 0.240. The van der Waals surface area contributed by atoms with Gasteiger partial charge in [0.15, 0.2) is 0 Å². The Bertz CT molecular complexity index is 731. The van der Waals surface area contributed by atoms with Crippen LogP contribution in [0.1, 0.15) is 45.0 Å². The number of aryl methyl sites for hydroxylation is 1. The topological polar surface area (TPSA) is 12.9 Å². The van der Waals surface area contributed by atoms with Gasteiger partial charge >= 0.3 is 0 Å². The predicted molar refractivity (Wildman–Crippen MR) is 118 cm³/mol. The molecule has 1 aromatic heterocycles. The normalized spacial score (nSPS) is 10.5. The van der Waals surface area contributed by atoms with E-state index in [2.05, 4.69) is 61.5 Å². The minimum Gasteiger partial charge on any atom is -0.256 e. The van der Waals surface area contributed by atoms with Gasteiger partial charge < -0.3 is 0 Å². The van der Waals surface area contributed by atoms with Crippen molar-refractivity contribution in [1.29, 1.82) is 0 Å². The van der Waals surface area contributed by atoms with E-state index >= 15 is 0 Å². The number of nitrogens with zero attached hydrogens (tertiary/aromatic N) is 1. The summed E-state index contributed by atoms with van der Waals surface area (Å²) >= 11 is 0. The quantitative estimate of drug-likeness (QED) is 0.497. The molecule has 0 amide bonds. The number of hydrogen-bond donors (Lipinski definition) is 0. The van der Waals surface area contributed by atoms with E-state index < -0.39 is 0 Å². The molecular formula is C25H33N. The van der Waals surface area contributed by atoms with E-state index in [1.807, 2.05) is 45.0 Å². The Morgan fingerprint density at radius 3 is 2.19 bits per heavy atom. The zero-order valence-corrected chi connectivity index (χ0v) is 15.9. The van der Waals surface area contributed by atoms with E-state index in [9.17, 15) is 0 Å². The molecule has 0 N–H and O–H groups in total. The molecule has 0 bridgehead atoms. The molecule has 1 heterocycles. The van der Waals surface area contributed by atoms with Gasteiger partial charge in [0, 0.05) is 6.20 Å². The molecule has 0 aliphatic heterocycles. The van der Waals surface area contributed by atoms with Gasteiger partial charge in [0.05, 0.1) is 5.69 Å². The van der Waals surface area contributed by atoms with Gasteiger partial charge in [-0.3, -0.25) is 4.98 Å². The smallest absolute Gasteiger partial charge is 0.0695 e. The second-order valence-corrected chi connectivity index (χ2v) is 5.58. The minimum atomic E-state index is 0. The van der Waals surface area contributed by atoms with Crippen LogP contribution in [0.15, 0.2) is 91.2 Å². The number of aromatic nitrogens is 1. The molecule has 0 aliphatic rings. The monoisotopic (exact) mass is 347 g/mol. The maximum Gasteiger partial charge on any atom is 0.0695 e. The van der Waals surface area contributed by atoms with Gasteiger partial charge in [-0.25, -0.2) is 0 Å². The van der Waals surface area contributed by atoms with Crippen molar-refractivity contribution in [2.24, 2.45) is 0 Å². The molecule has 2 aromatic rings. The zero-order chi connectivity index (χ0) is 18.7. The molecule has 0 atom stereocenters. The van der Waals surface area contributed by atoms with Crippen molar-refractivity contribution < 1.29 is 0 Å². The summed E-state index contributed by atoms with van der Waals surface area (Å²) in [5.74, 6) is 0. The summed E-state index contributed by atoms with van der Waals surface area (Å²) in [6.07, 6.45) is 8.77. The fourth-order valence-electron chi connectivity index (χ4n) is 2.30. The molecule has 0 radical (unpaired) electrons. The van der Waals surface area contributed by atoms with Gasteiger partial charge in [0.2, 0.25) is 0 Å². The van der Waals surface area contributed by atoms with Crippen LogP contribution in [0, 0.1) is 6.92 Å². The highest BCUT2D eigenvalue weighted by atomic mass is 14.7. The van der Waals surface area contributed by atoms with Gasteiger partial charge in [-0.1, -0.05) is 88.6 Å². The van der Waals surface area contributed by atoms with E-state index in [4.69, 9.17) is 0 Å². The number of allylic oxidation sites excluding steroid dienone is 6. The summed E-state index contributed by atoms with van der Waals surface area (Å²) in [6, 6.07) is 14.4. The number of hydrogen-bond acceptors (Lipinski definition) is 1. The summed E-state index contributed by atoms with van der Waals surface area (Å²) in [5.41, 5.74) is 6.56. The summed E-state index contributed by atoms with van der Waals surface area (Å²) in [5, 5.41) is 0. The Morgan fingerprint density at radius 2 is 1.65 bits per heavy atom. The molecule has 0 spiro atoms. The number of rotatable bonds is 6. The van der Waals surface area contributed by atoms with Crippen LogP contribution in [-0.4, -0.2) is 4.98 Å². The van der Waals surface area contributed by atoms with Gasteiger partial charge in [-0.2, -0.15) is 0 Å².